The van der Waals surface area contributed by atoms with Crippen LogP contribution in [0.25, 0.3) is 21.7 Å². The van der Waals surface area contributed by atoms with Crippen LogP contribution in [0.1, 0.15) is 22.4 Å². The molecule has 0 fully saturated rings. The number of hydrogen-bond donors (Lipinski definition) is 0. The fraction of sp³-hybridized carbons (Fsp3) is 0.269. The van der Waals surface area contributed by atoms with Gasteiger partial charge in [-0.1, -0.05) is 59.8 Å². The van der Waals surface area contributed by atoms with Crippen molar-refractivity contribution in [3.8, 4) is 5.69 Å². The second-order valence-electron chi connectivity index (χ2n) is 8.85. The van der Waals surface area contributed by atoms with Crippen LogP contribution in [0.3, 0.4) is 0 Å². The number of likely N-dealkylation sites (N-methyl/N-ethyl adjacent to an activating group) is 1. The molecule has 0 atom stereocenters. The second kappa shape index (κ2) is 9.43. The number of nitrogens with zero attached hydrogens (tertiary/aromatic N) is 5. The van der Waals surface area contributed by atoms with Crippen LogP contribution in [0.2, 0.25) is 5.02 Å². The van der Waals surface area contributed by atoms with E-state index in [2.05, 4.69) is 50.8 Å². The second-order valence-corrected chi connectivity index (χ2v) is 11.4. The molecule has 1 aliphatic rings. The highest BCUT2D eigenvalue weighted by Crippen LogP contribution is 2.35. The van der Waals surface area contributed by atoms with Gasteiger partial charge in [0.15, 0.2) is 5.16 Å². The molecule has 6 rings (SSSR count). The van der Waals surface area contributed by atoms with Gasteiger partial charge in [0, 0.05) is 28.7 Å². The van der Waals surface area contributed by atoms with E-state index >= 15 is 0 Å². The van der Waals surface area contributed by atoms with Crippen molar-refractivity contribution in [2.75, 3.05) is 19.3 Å². The van der Waals surface area contributed by atoms with Gasteiger partial charge in [-0.3, -0.25) is 4.79 Å². The third kappa shape index (κ3) is 4.18. The number of rotatable bonds is 6. The van der Waals surface area contributed by atoms with Crippen molar-refractivity contribution in [1.29, 1.82) is 0 Å². The summed E-state index contributed by atoms with van der Waals surface area (Å²) in [4.78, 5) is 18.4. The Balaban J connectivity index is 1.47. The standard InChI is InChI=1S/C26H24ClN5OS2/c1-30-13-12-20-21(16-30)35-24-22(20)23(33)31(19-11-5-10-18(27)15-19)25-28-29-26(32(24)25)34-14-6-9-17-7-3-2-4-8-17/h2-5,7-8,10-11,15H,6,9,12-14,16H2,1H3. The topological polar surface area (TPSA) is 55.4 Å². The van der Waals surface area contributed by atoms with E-state index in [1.807, 2.05) is 30.3 Å². The zero-order valence-electron chi connectivity index (χ0n) is 19.3. The summed E-state index contributed by atoms with van der Waals surface area (Å²) >= 11 is 9.69. The van der Waals surface area contributed by atoms with Gasteiger partial charge in [0.05, 0.1) is 11.1 Å². The van der Waals surface area contributed by atoms with Crippen molar-refractivity contribution < 1.29 is 0 Å². The van der Waals surface area contributed by atoms with Crippen molar-refractivity contribution in [2.45, 2.75) is 31.0 Å². The lowest BCUT2D eigenvalue weighted by Crippen LogP contribution is -2.27. The van der Waals surface area contributed by atoms with Crippen LogP contribution in [0.5, 0.6) is 0 Å². The van der Waals surface area contributed by atoms with Crippen molar-refractivity contribution in [2.24, 2.45) is 0 Å². The number of thioether (sulfide) groups is 1. The fourth-order valence-corrected chi connectivity index (χ4v) is 7.24. The average Bonchev–Trinajstić information content (AvgIpc) is 3.44. The lowest BCUT2D eigenvalue weighted by molar-refractivity contribution is 0.318. The number of thiophene rings is 1. The van der Waals surface area contributed by atoms with Gasteiger partial charge in [-0.15, -0.1) is 21.5 Å². The van der Waals surface area contributed by atoms with E-state index < -0.39 is 0 Å². The van der Waals surface area contributed by atoms with Gasteiger partial charge in [0.2, 0.25) is 5.78 Å². The van der Waals surface area contributed by atoms with Gasteiger partial charge in [0.25, 0.3) is 5.56 Å². The Hall–Kier alpha value is -2.65. The van der Waals surface area contributed by atoms with E-state index in [1.165, 1.54) is 16.0 Å². The van der Waals surface area contributed by atoms with Crippen LogP contribution in [0, 0.1) is 0 Å². The summed E-state index contributed by atoms with van der Waals surface area (Å²) in [5.74, 6) is 1.45. The van der Waals surface area contributed by atoms with Gasteiger partial charge < -0.3 is 4.90 Å². The third-order valence-electron chi connectivity index (χ3n) is 6.42. The number of halogens is 1. The molecule has 35 heavy (non-hydrogen) atoms. The number of hydrogen-bond acceptors (Lipinski definition) is 6. The molecule has 1 aliphatic heterocycles. The largest absolute Gasteiger partial charge is 0.301 e. The average molecular weight is 522 g/mol. The minimum absolute atomic E-state index is 0.0511. The van der Waals surface area contributed by atoms with Gasteiger partial charge in [-0.25, -0.2) is 8.97 Å². The molecule has 0 amide bonds. The Bertz CT molecular complexity index is 1590. The molecule has 4 heterocycles. The smallest absolute Gasteiger partial charge is 0.268 e. The summed E-state index contributed by atoms with van der Waals surface area (Å²) in [6.45, 7) is 1.80. The van der Waals surface area contributed by atoms with Crippen LogP contribution in [0.15, 0.2) is 64.5 Å². The molecular formula is C26H24ClN5OS2. The summed E-state index contributed by atoms with van der Waals surface area (Å²) in [6, 6.07) is 17.9. The van der Waals surface area contributed by atoms with Crippen LogP contribution in [-0.4, -0.2) is 43.4 Å². The van der Waals surface area contributed by atoms with E-state index in [1.54, 1.807) is 27.7 Å². The quantitative estimate of drug-likeness (QED) is 0.219. The van der Waals surface area contributed by atoms with Crippen LogP contribution in [0.4, 0.5) is 0 Å². The maximum Gasteiger partial charge on any atom is 0.268 e. The maximum atomic E-state index is 13.9. The Labute approximate surface area is 216 Å². The van der Waals surface area contributed by atoms with E-state index in [0.29, 0.717) is 16.5 Å². The number of aromatic nitrogens is 4. The van der Waals surface area contributed by atoms with E-state index in [4.69, 9.17) is 11.6 Å². The van der Waals surface area contributed by atoms with E-state index in [9.17, 15) is 4.79 Å². The molecule has 0 saturated heterocycles. The Morgan fingerprint density at radius 3 is 2.80 bits per heavy atom. The normalized spacial score (nSPS) is 14.1. The van der Waals surface area contributed by atoms with Gasteiger partial charge in [-0.05, 0) is 55.6 Å². The Morgan fingerprint density at radius 2 is 1.97 bits per heavy atom. The molecule has 0 spiro atoms. The Morgan fingerprint density at radius 1 is 1.11 bits per heavy atom. The minimum Gasteiger partial charge on any atom is -0.301 e. The molecule has 0 saturated carbocycles. The molecule has 9 heteroatoms. The lowest BCUT2D eigenvalue weighted by Gasteiger charge is -2.21. The van der Waals surface area contributed by atoms with Gasteiger partial charge in [-0.2, -0.15) is 0 Å². The predicted molar refractivity (Wildman–Crippen MR) is 145 cm³/mol. The maximum absolute atomic E-state index is 13.9. The number of fused-ring (bicyclic) bond motifs is 5. The minimum atomic E-state index is -0.0511. The zero-order valence-corrected chi connectivity index (χ0v) is 21.7. The Kier molecular flexibility index (Phi) is 6.14. The predicted octanol–water partition coefficient (Wildman–Crippen LogP) is 5.46. The highest BCUT2D eigenvalue weighted by Gasteiger charge is 2.26. The summed E-state index contributed by atoms with van der Waals surface area (Å²) in [6.07, 6.45) is 2.92. The number of benzene rings is 2. The van der Waals surface area contributed by atoms with Crippen molar-refractivity contribution in [3.63, 3.8) is 0 Å². The molecule has 0 unspecified atom stereocenters. The monoisotopic (exact) mass is 521 g/mol. The van der Waals surface area contributed by atoms with Crippen molar-refractivity contribution in [1.82, 2.24) is 24.1 Å². The molecule has 6 nitrogen and oxygen atoms in total. The highest BCUT2D eigenvalue weighted by molar-refractivity contribution is 7.99. The summed E-state index contributed by atoms with van der Waals surface area (Å²) in [5.41, 5.74) is 3.16. The zero-order chi connectivity index (χ0) is 23.9. The molecule has 0 N–H and O–H groups in total. The fourth-order valence-electron chi connectivity index (χ4n) is 4.71. The third-order valence-corrected chi connectivity index (χ3v) is 8.87. The van der Waals surface area contributed by atoms with E-state index in [-0.39, 0.29) is 5.56 Å². The molecule has 178 valence electrons. The first-order chi connectivity index (χ1) is 17.1. The van der Waals surface area contributed by atoms with Crippen molar-refractivity contribution >= 4 is 50.7 Å². The number of aryl methyl sites for hydroxylation is 1. The van der Waals surface area contributed by atoms with Crippen LogP contribution in [-0.2, 0) is 19.4 Å². The van der Waals surface area contributed by atoms with Crippen molar-refractivity contribution in [3.05, 3.63) is 86.0 Å². The molecule has 0 bridgehead atoms. The lowest BCUT2D eigenvalue weighted by atomic mass is 10.1. The molecule has 0 radical (unpaired) electrons. The first kappa shape index (κ1) is 22.8. The summed E-state index contributed by atoms with van der Waals surface area (Å²) in [5, 5.41) is 11.2. The van der Waals surface area contributed by atoms with Gasteiger partial charge >= 0.3 is 0 Å². The molecule has 3 aromatic heterocycles. The van der Waals surface area contributed by atoms with E-state index in [0.717, 1.165) is 53.5 Å². The first-order valence-electron chi connectivity index (χ1n) is 11.7. The summed E-state index contributed by atoms with van der Waals surface area (Å²) < 4.78 is 3.74. The van der Waals surface area contributed by atoms with Crippen LogP contribution < -0.4 is 5.56 Å². The molecule has 0 aliphatic carbocycles. The summed E-state index contributed by atoms with van der Waals surface area (Å²) in [7, 11) is 2.12. The van der Waals surface area contributed by atoms with Crippen LogP contribution >= 0.6 is 34.7 Å². The molecular weight excluding hydrogens is 498 g/mol. The highest BCUT2D eigenvalue weighted by atomic mass is 35.5. The molecule has 5 aromatic rings. The molecule has 2 aromatic carbocycles. The first-order valence-corrected chi connectivity index (χ1v) is 13.8. The SMILES string of the molecule is CN1CCc2c(sc3c2c(=O)n(-c2cccc(Cl)c2)c2nnc(SCCCc4ccccc4)n32)C1. The van der Waals surface area contributed by atoms with Gasteiger partial charge in [0.1, 0.15) is 4.83 Å².